The lowest BCUT2D eigenvalue weighted by Crippen LogP contribution is -2.11. The van der Waals surface area contributed by atoms with Crippen molar-refractivity contribution in [3.05, 3.63) is 48.0 Å². The first kappa shape index (κ1) is 18.0. The lowest BCUT2D eigenvalue weighted by molar-refractivity contribution is -0.140. The fraction of sp³-hybridized carbons (Fsp3) is 0.286. The Hall–Kier alpha value is -3.35. The molecule has 0 saturated heterocycles. The number of methoxy groups -OCH3 is 3. The van der Waals surface area contributed by atoms with Crippen molar-refractivity contribution >= 4 is 5.97 Å². The van der Waals surface area contributed by atoms with Crippen LogP contribution in [-0.2, 0) is 9.53 Å². The van der Waals surface area contributed by atoms with E-state index in [0.717, 1.165) is 28.1 Å². The molecule has 7 heteroatoms. The zero-order valence-corrected chi connectivity index (χ0v) is 16.0. The summed E-state index contributed by atoms with van der Waals surface area (Å²) in [5.74, 6) is 1.14. The fourth-order valence-electron chi connectivity index (χ4n) is 3.71. The van der Waals surface area contributed by atoms with E-state index in [1.807, 2.05) is 35.0 Å². The molecule has 0 fully saturated rings. The standard InChI is InChI=1S/C21H21N3O4/c1-26-13-8-9-16(18(12-13)27-2)20-21-15-7-5-4-6-14(15)17(24(21)23-22-20)10-11-19(25)28-3/h4-9,12,17H,10-11H2,1-3H3. The van der Waals surface area contributed by atoms with Gasteiger partial charge in [-0.3, -0.25) is 4.79 Å². The van der Waals surface area contributed by atoms with Gasteiger partial charge in [-0.2, -0.15) is 0 Å². The van der Waals surface area contributed by atoms with Gasteiger partial charge in [0, 0.05) is 23.6 Å². The largest absolute Gasteiger partial charge is 0.497 e. The van der Waals surface area contributed by atoms with E-state index in [4.69, 9.17) is 14.2 Å². The number of hydrogen-bond donors (Lipinski definition) is 0. The van der Waals surface area contributed by atoms with E-state index in [-0.39, 0.29) is 12.0 Å². The van der Waals surface area contributed by atoms with Crippen molar-refractivity contribution in [2.45, 2.75) is 18.9 Å². The molecule has 1 unspecified atom stereocenters. The second-order valence-electron chi connectivity index (χ2n) is 6.52. The number of benzene rings is 2. The number of hydrogen-bond acceptors (Lipinski definition) is 6. The van der Waals surface area contributed by atoms with Crippen LogP contribution in [0.15, 0.2) is 42.5 Å². The molecule has 28 heavy (non-hydrogen) atoms. The van der Waals surface area contributed by atoms with Crippen molar-refractivity contribution in [3.8, 4) is 34.0 Å². The molecule has 0 bridgehead atoms. The van der Waals surface area contributed by atoms with Gasteiger partial charge < -0.3 is 14.2 Å². The predicted octanol–water partition coefficient (Wildman–Crippen LogP) is 3.49. The van der Waals surface area contributed by atoms with E-state index in [1.165, 1.54) is 7.11 Å². The third-order valence-corrected chi connectivity index (χ3v) is 5.08. The minimum absolute atomic E-state index is 0.0595. The van der Waals surface area contributed by atoms with Crippen LogP contribution in [0, 0.1) is 0 Å². The molecular weight excluding hydrogens is 358 g/mol. The smallest absolute Gasteiger partial charge is 0.305 e. The highest BCUT2D eigenvalue weighted by molar-refractivity contribution is 5.85. The molecule has 0 N–H and O–H groups in total. The van der Waals surface area contributed by atoms with Crippen LogP contribution in [0.5, 0.6) is 11.5 Å². The van der Waals surface area contributed by atoms with Gasteiger partial charge in [-0.05, 0) is 24.1 Å². The van der Waals surface area contributed by atoms with Gasteiger partial charge in [0.25, 0.3) is 0 Å². The molecule has 1 aromatic heterocycles. The molecule has 4 rings (SSSR count). The molecule has 144 valence electrons. The minimum Gasteiger partial charge on any atom is -0.497 e. The number of fused-ring (bicyclic) bond motifs is 3. The Labute approximate surface area is 162 Å². The van der Waals surface area contributed by atoms with E-state index in [9.17, 15) is 4.79 Å². The average molecular weight is 379 g/mol. The van der Waals surface area contributed by atoms with Crippen molar-refractivity contribution in [3.63, 3.8) is 0 Å². The minimum atomic E-state index is -0.233. The number of ether oxygens (including phenoxy) is 3. The summed E-state index contributed by atoms with van der Waals surface area (Å²) in [6.45, 7) is 0. The van der Waals surface area contributed by atoms with Gasteiger partial charge in [-0.15, -0.1) is 5.10 Å². The van der Waals surface area contributed by atoms with Gasteiger partial charge in [0.15, 0.2) is 0 Å². The second kappa shape index (κ2) is 7.34. The van der Waals surface area contributed by atoms with Gasteiger partial charge >= 0.3 is 5.97 Å². The van der Waals surface area contributed by atoms with Gasteiger partial charge in [0.1, 0.15) is 17.2 Å². The van der Waals surface area contributed by atoms with Crippen LogP contribution in [0.25, 0.3) is 22.5 Å². The van der Waals surface area contributed by atoms with E-state index >= 15 is 0 Å². The van der Waals surface area contributed by atoms with Gasteiger partial charge in [0.2, 0.25) is 0 Å². The maximum absolute atomic E-state index is 11.7. The lowest BCUT2D eigenvalue weighted by atomic mass is 9.98. The van der Waals surface area contributed by atoms with Crippen molar-refractivity contribution in [2.75, 3.05) is 21.3 Å². The van der Waals surface area contributed by atoms with Gasteiger partial charge in [0.05, 0.1) is 33.1 Å². The molecule has 0 amide bonds. The molecule has 0 aliphatic carbocycles. The molecule has 2 heterocycles. The van der Waals surface area contributed by atoms with Crippen molar-refractivity contribution < 1.29 is 19.0 Å². The normalized spacial score (nSPS) is 14.3. The molecule has 0 radical (unpaired) electrons. The summed E-state index contributed by atoms with van der Waals surface area (Å²) in [6, 6.07) is 13.7. The van der Waals surface area contributed by atoms with E-state index < -0.39 is 0 Å². The number of carbonyl (C=O) groups excluding carboxylic acids is 1. The molecule has 1 atom stereocenters. The molecule has 0 spiro atoms. The highest BCUT2D eigenvalue weighted by atomic mass is 16.5. The summed E-state index contributed by atoms with van der Waals surface area (Å²) >= 11 is 0. The zero-order chi connectivity index (χ0) is 19.7. The molecule has 1 aliphatic rings. The van der Waals surface area contributed by atoms with Crippen LogP contribution in [0.2, 0.25) is 0 Å². The molecule has 1 aliphatic heterocycles. The highest BCUT2D eigenvalue weighted by Gasteiger charge is 2.33. The maximum atomic E-state index is 11.7. The van der Waals surface area contributed by atoms with E-state index in [2.05, 4.69) is 22.4 Å². The van der Waals surface area contributed by atoms with Crippen LogP contribution in [0.1, 0.15) is 24.4 Å². The Morgan fingerprint density at radius 1 is 1.07 bits per heavy atom. The SMILES string of the molecule is COC(=O)CCC1c2ccccc2-c2c(-c3ccc(OC)cc3OC)nnn21. The number of rotatable bonds is 6. The predicted molar refractivity (Wildman–Crippen MR) is 103 cm³/mol. The first-order chi connectivity index (χ1) is 13.7. The monoisotopic (exact) mass is 379 g/mol. The Bertz CT molecular complexity index is 1030. The summed E-state index contributed by atoms with van der Waals surface area (Å²) in [4.78, 5) is 11.7. The molecule has 0 saturated carbocycles. The van der Waals surface area contributed by atoms with Crippen LogP contribution < -0.4 is 9.47 Å². The summed E-state index contributed by atoms with van der Waals surface area (Å²) in [6.07, 6.45) is 0.912. The Kier molecular flexibility index (Phi) is 4.73. The van der Waals surface area contributed by atoms with Gasteiger partial charge in [-0.25, -0.2) is 4.68 Å². The molecule has 3 aromatic rings. The lowest BCUT2D eigenvalue weighted by Gasteiger charge is -2.12. The zero-order valence-electron chi connectivity index (χ0n) is 16.0. The Morgan fingerprint density at radius 2 is 1.89 bits per heavy atom. The molecule has 2 aromatic carbocycles. The van der Waals surface area contributed by atoms with Crippen molar-refractivity contribution in [2.24, 2.45) is 0 Å². The number of carbonyl (C=O) groups is 1. The Balaban J connectivity index is 1.81. The molecular formula is C21H21N3O4. The third-order valence-electron chi connectivity index (χ3n) is 5.08. The first-order valence-electron chi connectivity index (χ1n) is 9.01. The topological polar surface area (TPSA) is 75.5 Å². The third kappa shape index (κ3) is 2.89. The van der Waals surface area contributed by atoms with E-state index in [0.29, 0.717) is 24.3 Å². The number of aromatic nitrogens is 3. The number of nitrogens with zero attached hydrogens (tertiary/aromatic N) is 3. The summed E-state index contributed by atoms with van der Waals surface area (Å²) in [5.41, 5.74) is 4.70. The number of esters is 1. The average Bonchev–Trinajstić information content (AvgIpc) is 3.30. The van der Waals surface area contributed by atoms with Crippen LogP contribution in [0.3, 0.4) is 0 Å². The maximum Gasteiger partial charge on any atom is 0.305 e. The first-order valence-corrected chi connectivity index (χ1v) is 9.01. The summed E-state index contributed by atoms with van der Waals surface area (Å²) < 4.78 is 17.6. The Morgan fingerprint density at radius 3 is 2.64 bits per heavy atom. The van der Waals surface area contributed by atoms with Crippen molar-refractivity contribution in [1.29, 1.82) is 0 Å². The van der Waals surface area contributed by atoms with Crippen LogP contribution in [0.4, 0.5) is 0 Å². The molecule has 7 nitrogen and oxygen atoms in total. The van der Waals surface area contributed by atoms with Crippen LogP contribution in [-0.4, -0.2) is 42.3 Å². The quantitative estimate of drug-likeness (QED) is 0.611. The van der Waals surface area contributed by atoms with Crippen LogP contribution >= 0.6 is 0 Å². The van der Waals surface area contributed by atoms with Crippen molar-refractivity contribution in [1.82, 2.24) is 15.0 Å². The van der Waals surface area contributed by atoms with E-state index in [1.54, 1.807) is 14.2 Å². The van der Waals surface area contributed by atoms with Gasteiger partial charge in [-0.1, -0.05) is 29.5 Å². The summed E-state index contributed by atoms with van der Waals surface area (Å²) in [5, 5.41) is 8.86. The highest BCUT2D eigenvalue weighted by Crippen LogP contribution is 2.46. The summed E-state index contributed by atoms with van der Waals surface area (Å²) in [7, 11) is 4.64. The fourth-order valence-corrected chi connectivity index (χ4v) is 3.71. The second-order valence-corrected chi connectivity index (χ2v) is 6.52.